The van der Waals surface area contributed by atoms with E-state index >= 15 is 0 Å². The number of benzene rings is 2. The van der Waals surface area contributed by atoms with Crippen LogP contribution < -0.4 is 10.2 Å². The number of nitrogens with one attached hydrogen (secondary N) is 1. The van der Waals surface area contributed by atoms with Gasteiger partial charge in [0.1, 0.15) is 5.52 Å². The second-order valence-electron chi connectivity index (χ2n) is 7.97. The van der Waals surface area contributed by atoms with Crippen LogP contribution in [0, 0.1) is 0 Å². The number of rotatable bonds is 7. The molecule has 0 spiro atoms. The molecular formula is C24H24N6O2S. The molecule has 1 N–H and O–H groups in total. The number of anilines is 2. The van der Waals surface area contributed by atoms with E-state index in [-0.39, 0.29) is 17.6 Å². The summed E-state index contributed by atoms with van der Waals surface area (Å²) in [6, 6.07) is 15.5. The SMILES string of the molecule is CCCn1c2ccccc2c2nnc(SCC(=O)Nc3cccc(N4CCCC4=O)c3)nc21. The Labute approximate surface area is 195 Å². The molecule has 0 saturated carbocycles. The maximum atomic E-state index is 12.6. The smallest absolute Gasteiger partial charge is 0.234 e. The Balaban J connectivity index is 1.30. The largest absolute Gasteiger partial charge is 0.325 e. The first kappa shape index (κ1) is 21.4. The van der Waals surface area contributed by atoms with Crippen LogP contribution >= 0.6 is 11.8 Å². The predicted molar refractivity (Wildman–Crippen MR) is 131 cm³/mol. The third kappa shape index (κ3) is 4.28. The Morgan fingerprint density at radius 3 is 2.85 bits per heavy atom. The summed E-state index contributed by atoms with van der Waals surface area (Å²) in [6.07, 6.45) is 2.41. The van der Waals surface area contributed by atoms with Crippen LogP contribution in [0.25, 0.3) is 22.1 Å². The number of thioether (sulfide) groups is 1. The van der Waals surface area contributed by atoms with Gasteiger partial charge >= 0.3 is 0 Å². The number of para-hydroxylation sites is 1. The molecule has 0 aliphatic carbocycles. The molecule has 2 amide bonds. The van der Waals surface area contributed by atoms with Crippen molar-refractivity contribution in [3.05, 3.63) is 48.5 Å². The van der Waals surface area contributed by atoms with Crippen molar-refractivity contribution in [2.24, 2.45) is 0 Å². The maximum Gasteiger partial charge on any atom is 0.234 e. The van der Waals surface area contributed by atoms with E-state index in [2.05, 4.69) is 33.1 Å². The minimum Gasteiger partial charge on any atom is -0.325 e. The van der Waals surface area contributed by atoms with Crippen LogP contribution in [-0.2, 0) is 16.1 Å². The lowest BCUT2D eigenvalue weighted by Gasteiger charge is -2.16. The fourth-order valence-corrected chi connectivity index (χ4v) is 4.78. The zero-order valence-electron chi connectivity index (χ0n) is 18.3. The number of aromatic nitrogens is 4. The highest BCUT2D eigenvalue weighted by atomic mass is 32.2. The van der Waals surface area contributed by atoms with Gasteiger partial charge in [0.15, 0.2) is 5.65 Å². The van der Waals surface area contributed by atoms with Gasteiger partial charge in [-0.2, -0.15) is 0 Å². The van der Waals surface area contributed by atoms with Gasteiger partial charge in [-0.05, 0) is 37.1 Å². The molecule has 4 aromatic rings. The summed E-state index contributed by atoms with van der Waals surface area (Å²) in [6.45, 7) is 3.68. The van der Waals surface area contributed by atoms with Crippen molar-refractivity contribution < 1.29 is 9.59 Å². The molecule has 0 bridgehead atoms. The van der Waals surface area contributed by atoms with Gasteiger partial charge in [0, 0.05) is 36.3 Å². The normalized spacial score (nSPS) is 13.8. The van der Waals surface area contributed by atoms with Gasteiger partial charge in [0.05, 0.1) is 11.3 Å². The molecule has 0 radical (unpaired) electrons. The van der Waals surface area contributed by atoms with E-state index < -0.39 is 0 Å². The molecule has 8 nitrogen and oxygen atoms in total. The lowest BCUT2D eigenvalue weighted by molar-refractivity contribution is -0.117. The zero-order valence-corrected chi connectivity index (χ0v) is 19.1. The van der Waals surface area contributed by atoms with Crippen LogP contribution in [0.15, 0.2) is 53.7 Å². The number of carbonyl (C=O) groups excluding carboxylic acids is 2. The standard InChI is InChI=1S/C24H24N6O2S/c1-2-12-30-19-10-4-3-9-18(19)22-23(30)26-24(28-27-22)33-15-20(31)25-16-7-5-8-17(14-16)29-13-6-11-21(29)32/h3-5,7-10,14H,2,6,11-13,15H2,1H3,(H,25,31). The molecule has 33 heavy (non-hydrogen) atoms. The zero-order chi connectivity index (χ0) is 22.8. The number of hydrogen-bond donors (Lipinski definition) is 1. The summed E-state index contributed by atoms with van der Waals surface area (Å²) in [5.41, 5.74) is 4.13. The molecule has 5 rings (SSSR count). The van der Waals surface area contributed by atoms with Crippen molar-refractivity contribution in [2.45, 2.75) is 37.9 Å². The Kier molecular flexibility index (Phi) is 5.95. The number of nitrogens with zero attached hydrogens (tertiary/aromatic N) is 5. The van der Waals surface area contributed by atoms with Gasteiger partial charge < -0.3 is 14.8 Å². The van der Waals surface area contributed by atoms with E-state index in [1.165, 1.54) is 11.8 Å². The van der Waals surface area contributed by atoms with Crippen LogP contribution in [-0.4, -0.2) is 43.9 Å². The molecule has 1 aliphatic rings. The summed E-state index contributed by atoms with van der Waals surface area (Å²) < 4.78 is 2.16. The summed E-state index contributed by atoms with van der Waals surface area (Å²) in [7, 11) is 0. The van der Waals surface area contributed by atoms with Crippen molar-refractivity contribution in [1.82, 2.24) is 19.7 Å². The van der Waals surface area contributed by atoms with Crippen molar-refractivity contribution in [3.63, 3.8) is 0 Å². The number of amides is 2. The first-order valence-electron chi connectivity index (χ1n) is 11.1. The highest BCUT2D eigenvalue weighted by molar-refractivity contribution is 7.99. The minimum atomic E-state index is -0.164. The van der Waals surface area contributed by atoms with Gasteiger partial charge in [-0.1, -0.05) is 43.0 Å². The van der Waals surface area contributed by atoms with Crippen LogP contribution in [0.2, 0.25) is 0 Å². The van der Waals surface area contributed by atoms with E-state index in [1.54, 1.807) is 4.90 Å². The Morgan fingerprint density at radius 1 is 1.15 bits per heavy atom. The molecule has 9 heteroatoms. The molecule has 2 aromatic carbocycles. The van der Waals surface area contributed by atoms with Gasteiger partial charge in [-0.15, -0.1) is 10.2 Å². The summed E-state index contributed by atoms with van der Waals surface area (Å²) in [4.78, 5) is 31.0. The molecule has 2 aromatic heterocycles. The van der Waals surface area contributed by atoms with Crippen molar-refractivity contribution in [3.8, 4) is 0 Å². The molecule has 1 saturated heterocycles. The molecule has 3 heterocycles. The fourth-order valence-electron chi connectivity index (χ4n) is 4.20. The first-order chi connectivity index (χ1) is 16.1. The maximum absolute atomic E-state index is 12.6. The third-order valence-electron chi connectivity index (χ3n) is 5.65. The number of carbonyl (C=O) groups is 2. The third-order valence-corrected chi connectivity index (χ3v) is 6.49. The van der Waals surface area contributed by atoms with Gasteiger partial charge in [0.25, 0.3) is 0 Å². The van der Waals surface area contributed by atoms with Crippen LogP contribution in [0.4, 0.5) is 11.4 Å². The van der Waals surface area contributed by atoms with E-state index in [0.717, 1.165) is 47.1 Å². The predicted octanol–water partition coefficient (Wildman–Crippen LogP) is 4.25. The minimum absolute atomic E-state index is 0.120. The lowest BCUT2D eigenvalue weighted by atomic mass is 10.2. The van der Waals surface area contributed by atoms with Gasteiger partial charge in [0.2, 0.25) is 17.0 Å². The molecule has 1 aliphatic heterocycles. The lowest BCUT2D eigenvalue weighted by Crippen LogP contribution is -2.23. The summed E-state index contributed by atoms with van der Waals surface area (Å²) in [5.74, 6) is 0.117. The molecule has 0 atom stereocenters. The fraction of sp³-hybridized carbons (Fsp3) is 0.292. The van der Waals surface area contributed by atoms with E-state index in [0.29, 0.717) is 23.8 Å². The second-order valence-corrected chi connectivity index (χ2v) is 8.91. The van der Waals surface area contributed by atoms with E-state index in [4.69, 9.17) is 4.98 Å². The first-order valence-corrected chi connectivity index (χ1v) is 12.1. The monoisotopic (exact) mass is 460 g/mol. The van der Waals surface area contributed by atoms with Crippen molar-refractivity contribution in [1.29, 1.82) is 0 Å². The van der Waals surface area contributed by atoms with E-state index in [1.807, 2.05) is 42.5 Å². The van der Waals surface area contributed by atoms with E-state index in [9.17, 15) is 9.59 Å². The summed E-state index contributed by atoms with van der Waals surface area (Å²) in [5, 5.41) is 13.1. The van der Waals surface area contributed by atoms with Crippen LogP contribution in [0.5, 0.6) is 0 Å². The van der Waals surface area contributed by atoms with Crippen LogP contribution in [0.1, 0.15) is 26.2 Å². The number of aryl methyl sites for hydroxylation is 1. The quantitative estimate of drug-likeness (QED) is 0.415. The molecule has 1 fully saturated rings. The highest BCUT2D eigenvalue weighted by Gasteiger charge is 2.22. The van der Waals surface area contributed by atoms with Gasteiger partial charge in [-0.3, -0.25) is 9.59 Å². The average molecular weight is 461 g/mol. The Hall–Kier alpha value is -3.46. The van der Waals surface area contributed by atoms with Gasteiger partial charge in [-0.25, -0.2) is 4.98 Å². The van der Waals surface area contributed by atoms with Crippen LogP contribution in [0.3, 0.4) is 0 Å². The molecular weight excluding hydrogens is 436 g/mol. The number of fused-ring (bicyclic) bond motifs is 3. The van der Waals surface area contributed by atoms with Crippen molar-refractivity contribution >= 4 is 57.0 Å². The molecule has 0 unspecified atom stereocenters. The Morgan fingerprint density at radius 2 is 2.03 bits per heavy atom. The highest BCUT2D eigenvalue weighted by Crippen LogP contribution is 2.28. The average Bonchev–Trinajstić information content (AvgIpc) is 3.39. The number of hydrogen-bond acceptors (Lipinski definition) is 6. The summed E-state index contributed by atoms with van der Waals surface area (Å²) >= 11 is 1.25. The second kappa shape index (κ2) is 9.19. The topological polar surface area (TPSA) is 93.0 Å². The Bertz CT molecular complexity index is 1350. The van der Waals surface area contributed by atoms with Crippen molar-refractivity contribution in [2.75, 3.05) is 22.5 Å². The molecule has 168 valence electrons.